The van der Waals surface area contributed by atoms with Crippen LogP contribution in [0.2, 0.25) is 0 Å². The van der Waals surface area contributed by atoms with Gasteiger partial charge in [0.25, 0.3) is 10.0 Å². The summed E-state index contributed by atoms with van der Waals surface area (Å²) >= 11 is 0. The van der Waals surface area contributed by atoms with Crippen molar-refractivity contribution in [2.75, 3.05) is 0 Å². The van der Waals surface area contributed by atoms with Gasteiger partial charge in [0.15, 0.2) is 0 Å². The van der Waals surface area contributed by atoms with Crippen molar-refractivity contribution >= 4 is 10.0 Å². The van der Waals surface area contributed by atoms with Gasteiger partial charge in [-0.2, -0.15) is 0 Å². The zero-order valence-corrected chi connectivity index (χ0v) is 14.4. The van der Waals surface area contributed by atoms with E-state index in [0.29, 0.717) is 11.3 Å². The second kappa shape index (κ2) is 6.13. The Morgan fingerprint density at radius 1 is 1.12 bits per heavy atom. The number of aliphatic hydroxyl groups is 1. The number of aliphatic hydroxyl groups excluding tert-OH is 1. The summed E-state index contributed by atoms with van der Waals surface area (Å²) in [6.45, 7) is -0.180. The van der Waals surface area contributed by atoms with Gasteiger partial charge in [-0.25, -0.2) is 12.4 Å². The summed E-state index contributed by atoms with van der Waals surface area (Å²) in [4.78, 5) is 4.07. The second-order valence-corrected chi connectivity index (χ2v) is 7.95. The lowest BCUT2D eigenvalue weighted by molar-refractivity contribution is 0.281. The maximum atomic E-state index is 13.2. The molecular formula is C19H18N2O3S. The fourth-order valence-corrected chi connectivity index (χ4v) is 4.88. The zero-order chi connectivity index (χ0) is 17.4. The SMILES string of the molecule is O=S(=O)(c1cccnc1)n1cc(CO)c2c1-c1ccccc1CCC2. The molecule has 5 nitrogen and oxygen atoms in total. The largest absolute Gasteiger partial charge is 0.392 e. The minimum absolute atomic E-state index is 0.138. The summed E-state index contributed by atoms with van der Waals surface area (Å²) in [5, 5.41) is 9.76. The van der Waals surface area contributed by atoms with Crippen LogP contribution in [0.1, 0.15) is 23.1 Å². The Hall–Kier alpha value is -2.44. The number of fused-ring (bicyclic) bond motifs is 3. The van der Waals surface area contributed by atoms with Gasteiger partial charge in [0.2, 0.25) is 0 Å². The summed E-state index contributed by atoms with van der Waals surface area (Å²) in [5.74, 6) is 0. The standard InChI is InChI=1S/C19H18N2O3S/c22-13-15-12-21(25(23,24)16-7-4-10-20-11-16)19-17-8-2-1-5-14(17)6-3-9-18(15)19/h1-2,4-5,7-8,10-12,22H,3,6,9,13H2. The molecule has 2 heterocycles. The van der Waals surface area contributed by atoms with E-state index in [4.69, 9.17) is 0 Å². The number of rotatable bonds is 3. The first-order valence-electron chi connectivity index (χ1n) is 8.21. The minimum Gasteiger partial charge on any atom is -0.392 e. The monoisotopic (exact) mass is 354 g/mol. The highest BCUT2D eigenvalue weighted by Crippen LogP contribution is 2.37. The predicted molar refractivity (Wildman–Crippen MR) is 94.6 cm³/mol. The first-order chi connectivity index (χ1) is 12.1. The lowest BCUT2D eigenvalue weighted by Gasteiger charge is -2.13. The fourth-order valence-electron chi connectivity index (χ4n) is 3.49. The van der Waals surface area contributed by atoms with Crippen molar-refractivity contribution in [2.45, 2.75) is 30.8 Å². The molecule has 0 spiro atoms. The number of aryl methyl sites for hydroxylation is 1. The molecule has 0 unspecified atom stereocenters. The molecule has 3 aromatic rings. The smallest absolute Gasteiger partial charge is 0.269 e. The fraction of sp³-hybridized carbons (Fsp3) is 0.211. The molecule has 6 heteroatoms. The molecule has 4 rings (SSSR count). The highest BCUT2D eigenvalue weighted by atomic mass is 32.2. The molecule has 0 fully saturated rings. The first-order valence-corrected chi connectivity index (χ1v) is 9.65. The normalized spacial score (nSPS) is 13.8. The lowest BCUT2D eigenvalue weighted by Crippen LogP contribution is -2.14. The van der Waals surface area contributed by atoms with Gasteiger partial charge in [0.05, 0.1) is 12.3 Å². The van der Waals surface area contributed by atoms with Crippen LogP contribution in [0, 0.1) is 0 Å². The molecule has 0 radical (unpaired) electrons. The second-order valence-electron chi connectivity index (χ2n) is 6.14. The van der Waals surface area contributed by atoms with Gasteiger partial charge in [-0.15, -0.1) is 0 Å². The molecule has 1 N–H and O–H groups in total. The Labute approximate surface area is 146 Å². The van der Waals surface area contributed by atoms with Crippen LogP contribution in [0.5, 0.6) is 0 Å². The van der Waals surface area contributed by atoms with E-state index in [0.717, 1.165) is 36.0 Å². The van der Waals surface area contributed by atoms with Crippen LogP contribution in [0.25, 0.3) is 11.3 Å². The summed E-state index contributed by atoms with van der Waals surface area (Å²) < 4.78 is 27.7. The van der Waals surface area contributed by atoms with Gasteiger partial charge in [-0.3, -0.25) is 4.98 Å². The van der Waals surface area contributed by atoms with Crippen molar-refractivity contribution in [3.63, 3.8) is 0 Å². The van der Waals surface area contributed by atoms with E-state index in [1.165, 1.54) is 16.2 Å². The number of nitrogens with zero attached hydrogens (tertiary/aromatic N) is 2. The summed E-state index contributed by atoms with van der Waals surface area (Å²) in [5.41, 5.74) is 4.30. The van der Waals surface area contributed by atoms with Crippen LogP contribution in [-0.4, -0.2) is 22.5 Å². The number of aromatic nitrogens is 2. The van der Waals surface area contributed by atoms with Crippen LogP contribution in [0.4, 0.5) is 0 Å². The van der Waals surface area contributed by atoms with Crippen molar-refractivity contribution in [1.29, 1.82) is 0 Å². The maximum Gasteiger partial charge on any atom is 0.269 e. The zero-order valence-electron chi connectivity index (χ0n) is 13.6. The molecule has 0 saturated carbocycles. The molecule has 1 aliphatic rings. The van der Waals surface area contributed by atoms with Crippen LogP contribution in [0.3, 0.4) is 0 Å². The van der Waals surface area contributed by atoms with Gasteiger partial charge in [0.1, 0.15) is 4.90 Å². The summed E-state index contributed by atoms with van der Waals surface area (Å²) in [6, 6.07) is 11.0. The summed E-state index contributed by atoms with van der Waals surface area (Å²) in [6.07, 6.45) is 7.01. The third-order valence-electron chi connectivity index (χ3n) is 4.67. The van der Waals surface area contributed by atoms with Crippen LogP contribution < -0.4 is 0 Å². The van der Waals surface area contributed by atoms with E-state index in [2.05, 4.69) is 4.98 Å². The molecule has 1 aliphatic carbocycles. The molecule has 128 valence electrons. The molecule has 0 bridgehead atoms. The van der Waals surface area contributed by atoms with Crippen molar-refractivity contribution in [3.05, 3.63) is 71.7 Å². The quantitative estimate of drug-likeness (QED) is 0.785. The molecule has 0 saturated heterocycles. The number of benzene rings is 1. The van der Waals surface area contributed by atoms with E-state index in [1.54, 1.807) is 18.5 Å². The van der Waals surface area contributed by atoms with E-state index in [-0.39, 0.29) is 11.5 Å². The van der Waals surface area contributed by atoms with E-state index in [9.17, 15) is 13.5 Å². The molecule has 25 heavy (non-hydrogen) atoms. The van der Waals surface area contributed by atoms with Gasteiger partial charge in [-0.1, -0.05) is 24.3 Å². The third-order valence-corrected chi connectivity index (χ3v) is 6.32. The van der Waals surface area contributed by atoms with Crippen LogP contribution in [-0.2, 0) is 29.5 Å². The van der Waals surface area contributed by atoms with Crippen LogP contribution >= 0.6 is 0 Å². The number of hydrogen-bond donors (Lipinski definition) is 1. The van der Waals surface area contributed by atoms with Crippen molar-refractivity contribution < 1.29 is 13.5 Å². The van der Waals surface area contributed by atoms with E-state index < -0.39 is 10.0 Å². The van der Waals surface area contributed by atoms with Crippen molar-refractivity contribution in [3.8, 4) is 11.3 Å². The molecule has 0 aliphatic heterocycles. The molecule has 2 aromatic heterocycles. The topological polar surface area (TPSA) is 72.2 Å². The average Bonchev–Trinajstić information content (AvgIpc) is 2.92. The maximum absolute atomic E-state index is 13.2. The van der Waals surface area contributed by atoms with Gasteiger partial charge in [0, 0.05) is 29.7 Å². The Morgan fingerprint density at radius 2 is 1.96 bits per heavy atom. The van der Waals surface area contributed by atoms with Gasteiger partial charge >= 0.3 is 0 Å². The Balaban J connectivity index is 2.03. The minimum atomic E-state index is -3.79. The first kappa shape index (κ1) is 16.1. The highest BCUT2D eigenvalue weighted by molar-refractivity contribution is 7.90. The molecule has 1 aromatic carbocycles. The van der Waals surface area contributed by atoms with Crippen molar-refractivity contribution in [2.24, 2.45) is 0 Å². The van der Waals surface area contributed by atoms with Crippen LogP contribution in [0.15, 0.2) is 59.9 Å². The van der Waals surface area contributed by atoms with Gasteiger partial charge < -0.3 is 5.11 Å². The average molecular weight is 354 g/mol. The molecule has 0 atom stereocenters. The van der Waals surface area contributed by atoms with E-state index >= 15 is 0 Å². The Kier molecular flexibility index (Phi) is 3.94. The van der Waals surface area contributed by atoms with Gasteiger partial charge in [-0.05, 0) is 42.5 Å². The highest BCUT2D eigenvalue weighted by Gasteiger charge is 2.28. The van der Waals surface area contributed by atoms with Crippen molar-refractivity contribution in [1.82, 2.24) is 8.96 Å². The van der Waals surface area contributed by atoms with E-state index in [1.807, 2.05) is 24.3 Å². The number of pyridine rings is 1. The third kappa shape index (κ3) is 2.58. The lowest BCUT2D eigenvalue weighted by atomic mass is 10.0. The summed E-state index contributed by atoms with van der Waals surface area (Å²) in [7, 11) is -3.79. The molecular weight excluding hydrogens is 336 g/mol. The predicted octanol–water partition coefficient (Wildman–Crippen LogP) is 2.77. The Bertz CT molecular complexity index is 1020. The molecule has 0 amide bonds. The number of hydrogen-bond acceptors (Lipinski definition) is 4. The Morgan fingerprint density at radius 3 is 2.72 bits per heavy atom.